The van der Waals surface area contributed by atoms with Gasteiger partial charge in [0.2, 0.25) is 0 Å². The molecule has 1 unspecified atom stereocenters. The van der Waals surface area contributed by atoms with E-state index in [9.17, 15) is 0 Å². The Labute approximate surface area is 94.6 Å². The van der Waals surface area contributed by atoms with Crippen molar-refractivity contribution in [1.29, 1.82) is 0 Å². The summed E-state index contributed by atoms with van der Waals surface area (Å²) in [4.78, 5) is 2.35. The third-order valence-corrected chi connectivity index (χ3v) is 3.20. The molecule has 1 atom stereocenters. The van der Waals surface area contributed by atoms with Crippen molar-refractivity contribution in [2.45, 2.75) is 39.5 Å². The molecular formula is C12H28N2O. The van der Waals surface area contributed by atoms with Gasteiger partial charge in [-0.1, -0.05) is 13.8 Å². The molecule has 0 heterocycles. The summed E-state index contributed by atoms with van der Waals surface area (Å²) < 4.78 is 0. The van der Waals surface area contributed by atoms with Crippen molar-refractivity contribution in [3.05, 3.63) is 0 Å². The first-order valence-corrected chi connectivity index (χ1v) is 6.07. The summed E-state index contributed by atoms with van der Waals surface area (Å²) in [5, 5.41) is 8.66. The molecule has 3 heteroatoms. The lowest BCUT2D eigenvalue weighted by Gasteiger charge is -2.31. The van der Waals surface area contributed by atoms with Crippen molar-refractivity contribution in [3.63, 3.8) is 0 Å². The van der Waals surface area contributed by atoms with Crippen molar-refractivity contribution in [2.75, 3.05) is 33.3 Å². The fourth-order valence-electron chi connectivity index (χ4n) is 1.72. The lowest BCUT2D eigenvalue weighted by molar-refractivity contribution is 0.188. The largest absolute Gasteiger partial charge is 0.396 e. The van der Waals surface area contributed by atoms with Crippen molar-refractivity contribution in [1.82, 2.24) is 4.90 Å². The molecule has 0 saturated carbocycles. The minimum Gasteiger partial charge on any atom is -0.396 e. The number of hydrogen-bond acceptors (Lipinski definition) is 3. The molecular weight excluding hydrogens is 188 g/mol. The van der Waals surface area contributed by atoms with Gasteiger partial charge in [0.1, 0.15) is 0 Å². The second kappa shape index (κ2) is 8.08. The highest BCUT2D eigenvalue weighted by atomic mass is 16.2. The third-order valence-electron chi connectivity index (χ3n) is 3.20. The van der Waals surface area contributed by atoms with E-state index in [0.717, 1.165) is 38.9 Å². The highest BCUT2D eigenvalue weighted by molar-refractivity contribution is 4.76. The number of rotatable bonds is 9. The fourth-order valence-corrected chi connectivity index (χ4v) is 1.72. The molecule has 0 aliphatic carbocycles. The van der Waals surface area contributed by atoms with Gasteiger partial charge in [-0.2, -0.15) is 0 Å². The van der Waals surface area contributed by atoms with E-state index in [1.165, 1.54) is 6.42 Å². The van der Waals surface area contributed by atoms with Crippen LogP contribution in [0.25, 0.3) is 0 Å². The fraction of sp³-hybridized carbons (Fsp3) is 1.00. The first-order chi connectivity index (χ1) is 7.08. The van der Waals surface area contributed by atoms with Crippen LogP contribution in [0.4, 0.5) is 0 Å². The summed E-state index contributed by atoms with van der Waals surface area (Å²) >= 11 is 0. The molecule has 92 valence electrons. The Bertz CT molecular complexity index is 147. The average molecular weight is 216 g/mol. The Morgan fingerprint density at radius 3 is 2.40 bits per heavy atom. The molecule has 0 aromatic carbocycles. The molecule has 0 radical (unpaired) electrons. The van der Waals surface area contributed by atoms with Crippen molar-refractivity contribution in [3.8, 4) is 0 Å². The van der Waals surface area contributed by atoms with Crippen LogP contribution in [0.15, 0.2) is 0 Å². The van der Waals surface area contributed by atoms with Crippen molar-refractivity contribution < 1.29 is 5.11 Å². The standard InChI is InChI=1S/C12H28N2O/c1-4-12(2,10-13)11-14(3)8-6-5-7-9-15/h15H,4-11,13H2,1-3H3. The molecule has 3 N–H and O–H groups in total. The molecule has 0 rings (SSSR count). The summed E-state index contributed by atoms with van der Waals surface area (Å²) in [6.45, 7) is 7.70. The van der Waals surface area contributed by atoms with E-state index in [-0.39, 0.29) is 5.41 Å². The summed E-state index contributed by atoms with van der Waals surface area (Å²) in [6.07, 6.45) is 4.34. The summed E-state index contributed by atoms with van der Waals surface area (Å²) in [5.74, 6) is 0. The van der Waals surface area contributed by atoms with Gasteiger partial charge in [0.05, 0.1) is 0 Å². The zero-order valence-corrected chi connectivity index (χ0v) is 10.6. The second-order valence-corrected chi connectivity index (χ2v) is 4.89. The molecule has 0 saturated heterocycles. The Balaban J connectivity index is 3.67. The molecule has 0 aromatic rings. The van der Waals surface area contributed by atoms with Crippen LogP contribution in [0.3, 0.4) is 0 Å². The number of aliphatic hydroxyl groups is 1. The molecule has 0 spiro atoms. The Morgan fingerprint density at radius 2 is 1.93 bits per heavy atom. The number of nitrogens with two attached hydrogens (primary N) is 1. The van der Waals surface area contributed by atoms with Crippen molar-refractivity contribution >= 4 is 0 Å². The molecule has 0 fully saturated rings. The zero-order valence-electron chi connectivity index (χ0n) is 10.6. The first kappa shape index (κ1) is 14.9. The monoisotopic (exact) mass is 216 g/mol. The van der Waals surface area contributed by atoms with Gasteiger partial charge >= 0.3 is 0 Å². The zero-order chi connectivity index (χ0) is 11.7. The number of aliphatic hydroxyl groups excluding tert-OH is 1. The first-order valence-electron chi connectivity index (χ1n) is 6.07. The third kappa shape index (κ3) is 6.88. The van der Waals surface area contributed by atoms with Gasteiger partial charge in [-0.15, -0.1) is 0 Å². The van der Waals surface area contributed by atoms with Crippen LogP contribution >= 0.6 is 0 Å². The lowest BCUT2D eigenvalue weighted by Crippen LogP contribution is -2.38. The van der Waals surface area contributed by atoms with E-state index in [0.29, 0.717) is 6.61 Å². The SMILES string of the molecule is CCC(C)(CN)CN(C)CCCCCO. The molecule has 0 bridgehead atoms. The van der Waals surface area contributed by atoms with E-state index in [1.54, 1.807) is 0 Å². The highest BCUT2D eigenvalue weighted by Crippen LogP contribution is 2.20. The summed E-state index contributed by atoms with van der Waals surface area (Å²) in [6, 6.07) is 0. The quantitative estimate of drug-likeness (QED) is 0.574. The predicted octanol–water partition coefficient (Wildman–Crippen LogP) is 1.46. The molecule has 0 aromatic heterocycles. The lowest BCUT2D eigenvalue weighted by atomic mass is 9.87. The minimum absolute atomic E-state index is 0.256. The Morgan fingerprint density at radius 1 is 1.27 bits per heavy atom. The number of hydrogen-bond donors (Lipinski definition) is 2. The van der Waals surface area contributed by atoms with E-state index in [1.807, 2.05) is 0 Å². The van der Waals surface area contributed by atoms with Crippen LogP contribution in [-0.2, 0) is 0 Å². The normalized spacial score (nSPS) is 15.6. The van der Waals surface area contributed by atoms with Gasteiger partial charge in [-0.25, -0.2) is 0 Å². The van der Waals surface area contributed by atoms with Crippen LogP contribution in [0.5, 0.6) is 0 Å². The smallest absolute Gasteiger partial charge is 0.0431 e. The van der Waals surface area contributed by atoms with Gasteiger partial charge in [0.25, 0.3) is 0 Å². The maximum atomic E-state index is 8.66. The van der Waals surface area contributed by atoms with Crippen LogP contribution < -0.4 is 5.73 Å². The molecule has 0 aliphatic heterocycles. The minimum atomic E-state index is 0.256. The highest BCUT2D eigenvalue weighted by Gasteiger charge is 2.21. The number of nitrogens with zero attached hydrogens (tertiary/aromatic N) is 1. The molecule has 15 heavy (non-hydrogen) atoms. The maximum Gasteiger partial charge on any atom is 0.0431 e. The topological polar surface area (TPSA) is 49.5 Å². The summed E-state index contributed by atoms with van der Waals surface area (Å²) in [7, 11) is 2.16. The van der Waals surface area contributed by atoms with Crippen LogP contribution in [0.2, 0.25) is 0 Å². The Hall–Kier alpha value is -0.120. The summed E-state index contributed by atoms with van der Waals surface area (Å²) in [5.41, 5.74) is 6.04. The van der Waals surface area contributed by atoms with Gasteiger partial charge in [-0.3, -0.25) is 0 Å². The van der Waals surface area contributed by atoms with Gasteiger partial charge in [0.15, 0.2) is 0 Å². The van der Waals surface area contributed by atoms with E-state index < -0.39 is 0 Å². The van der Waals surface area contributed by atoms with Crippen LogP contribution in [-0.4, -0.2) is 43.3 Å². The van der Waals surface area contributed by atoms with Crippen LogP contribution in [0.1, 0.15) is 39.5 Å². The molecule has 0 aliphatic rings. The molecule has 3 nitrogen and oxygen atoms in total. The van der Waals surface area contributed by atoms with E-state index >= 15 is 0 Å². The van der Waals surface area contributed by atoms with Crippen molar-refractivity contribution in [2.24, 2.45) is 11.1 Å². The Kier molecular flexibility index (Phi) is 8.02. The average Bonchev–Trinajstić information content (AvgIpc) is 2.24. The van der Waals surface area contributed by atoms with Gasteiger partial charge in [-0.05, 0) is 51.2 Å². The van der Waals surface area contributed by atoms with E-state index in [4.69, 9.17) is 10.8 Å². The maximum absolute atomic E-state index is 8.66. The number of unbranched alkanes of at least 4 members (excludes halogenated alkanes) is 2. The molecule has 0 amide bonds. The predicted molar refractivity (Wildman–Crippen MR) is 65.9 cm³/mol. The van der Waals surface area contributed by atoms with Crippen LogP contribution in [0, 0.1) is 5.41 Å². The second-order valence-electron chi connectivity index (χ2n) is 4.89. The van der Waals surface area contributed by atoms with Gasteiger partial charge < -0.3 is 15.7 Å². The van der Waals surface area contributed by atoms with E-state index in [2.05, 4.69) is 25.8 Å². The van der Waals surface area contributed by atoms with Gasteiger partial charge in [0, 0.05) is 13.2 Å².